The number of aromatic nitrogens is 3. The first kappa shape index (κ1) is 13.4. The van der Waals surface area contributed by atoms with Crippen LogP contribution < -0.4 is 4.90 Å². The summed E-state index contributed by atoms with van der Waals surface area (Å²) < 4.78 is 0. The Labute approximate surface area is 115 Å². The predicted molar refractivity (Wildman–Crippen MR) is 76.8 cm³/mol. The van der Waals surface area contributed by atoms with Crippen molar-refractivity contribution in [2.24, 2.45) is 0 Å². The lowest BCUT2D eigenvalue weighted by Crippen LogP contribution is -2.22. The van der Waals surface area contributed by atoms with Gasteiger partial charge in [-0.05, 0) is 18.6 Å². The van der Waals surface area contributed by atoms with E-state index in [-0.39, 0.29) is 5.91 Å². The zero-order valence-electron chi connectivity index (χ0n) is 11.0. The van der Waals surface area contributed by atoms with E-state index in [0.29, 0.717) is 5.13 Å². The first-order valence-electron chi connectivity index (χ1n) is 5.72. The van der Waals surface area contributed by atoms with Crippen LogP contribution in [0.2, 0.25) is 0 Å². The van der Waals surface area contributed by atoms with Crippen LogP contribution in [0.15, 0.2) is 24.0 Å². The molecule has 98 valence electrons. The zero-order chi connectivity index (χ0) is 13.8. The molecule has 0 aliphatic heterocycles. The Morgan fingerprint density at radius 3 is 2.79 bits per heavy atom. The van der Waals surface area contributed by atoms with Crippen molar-refractivity contribution in [1.82, 2.24) is 15.0 Å². The van der Waals surface area contributed by atoms with Crippen molar-refractivity contribution in [1.29, 1.82) is 0 Å². The lowest BCUT2D eigenvalue weighted by molar-refractivity contribution is -0.116. The van der Waals surface area contributed by atoms with Gasteiger partial charge in [-0.1, -0.05) is 0 Å². The second-order valence-corrected chi connectivity index (χ2v) is 4.89. The fourth-order valence-corrected chi connectivity index (χ4v) is 2.22. The van der Waals surface area contributed by atoms with E-state index in [1.54, 1.807) is 25.6 Å². The van der Waals surface area contributed by atoms with Crippen LogP contribution in [-0.4, -0.2) is 27.9 Å². The van der Waals surface area contributed by atoms with Crippen LogP contribution in [0, 0.1) is 0 Å². The number of carbonyl (C=O) groups excluding carboxylic acids is 1. The molecule has 0 aromatic carbocycles. The van der Waals surface area contributed by atoms with Gasteiger partial charge in [-0.25, -0.2) is 4.98 Å². The van der Waals surface area contributed by atoms with Crippen LogP contribution in [0.5, 0.6) is 0 Å². The minimum atomic E-state index is -0.0319. The average molecular weight is 274 g/mol. The molecule has 5 nitrogen and oxygen atoms in total. The summed E-state index contributed by atoms with van der Waals surface area (Å²) in [6.45, 7) is 3.47. The lowest BCUT2D eigenvalue weighted by atomic mass is 10.2. The molecular formula is C13H14N4OS. The summed E-state index contributed by atoms with van der Waals surface area (Å²) in [6, 6.07) is 0. The van der Waals surface area contributed by atoms with Crippen molar-refractivity contribution in [3.8, 4) is 0 Å². The van der Waals surface area contributed by atoms with Crippen molar-refractivity contribution in [3.63, 3.8) is 0 Å². The summed E-state index contributed by atoms with van der Waals surface area (Å²) in [5.74, 6) is -0.0319. The van der Waals surface area contributed by atoms with Crippen LogP contribution in [0.3, 0.4) is 0 Å². The summed E-state index contributed by atoms with van der Waals surface area (Å²) in [6.07, 6.45) is 6.93. The van der Waals surface area contributed by atoms with Gasteiger partial charge in [-0.3, -0.25) is 19.7 Å². The Balaban J connectivity index is 2.22. The number of thiazole rings is 1. The maximum Gasteiger partial charge on any atom is 0.225 e. The third-order valence-corrected chi connectivity index (χ3v) is 3.54. The molecule has 0 saturated heterocycles. The molecule has 6 heteroatoms. The van der Waals surface area contributed by atoms with Crippen molar-refractivity contribution in [2.75, 3.05) is 11.9 Å². The number of nitrogens with zero attached hydrogens (tertiary/aromatic N) is 4. The van der Waals surface area contributed by atoms with E-state index in [1.807, 2.05) is 18.4 Å². The largest absolute Gasteiger partial charge is 0.291 e. The summed E-state index contributed by atoms with van der Waals surface area (Å²) in [7, 11) is 1.71. The molecule has 0 spiro atoms. The molecule has 2 aromatic rings. The normalized spacial score (nSPS) is 11.4. The highest BCUT2D eigenvalue weighted by Crippen LogP contribution is 2.22. The quantitative estimate of drug-likeness (QED) is 0.862. The molecule has 0 aliphatic rings. The first-order chi connectivity index (χ1) is 9.08. The predicted octanol–water partition coefficient (Wildman–Crippen LogP) is 2.48. The van der Waals surface area contributed by atoms with Gasteiger partial charge in [0.25, 0.3) is 0 Å². The van der Waals surface area contributed by atoms with E-state index in [4.69, 9.17) is 0 Å². The highest BCUT2D eigenvalue weighted by Gasteiger charge is 2.09. The Morgan fingerprint density at radius 2 is 2.16 bits per heavy atom. The third kappa shape index (κ3) is 3.23. The average Bonchev–Trinajstić information content (AvgIpc) is 2.87. The smallest absolute Gasteiger partial charge is 0.225 e. The molecule has 0 N–H and O–H groups in total. The molecule has 0 bridgehead atoms. The molecule has 19 heavy (non-hydrogen) atoms. The monoisotopic (exact) mass is 274 g/mol. The molecular weight excluding hydrogens is 260 g/mol. The number of anilines is 1. The van der Waals surface area contributed by atoms with E-state index >= 15 is 0 Å². The van der Waals surface area contributed by atoms with E-state index in [9.17, 15) is 4.79 Å². The van der Waals surface area contributed by atoms with Gasteiger partial charge in [0.2, 0.25) is 5.91 Å². The molecule has 0 saturated carbocycles. The van der Waals surface area contributed by atoms with Crippen LogP contribution >= 0.6 is 11.3 Å². The third-order valence-electron chi connectivity index (χ3n) is 2.60. The van der Waals surface area contributed by atoms with Gasteiger partial charge in [-0.2, -0.15) is 0 Å². The topological polar surface area (TPSA) is 59.0 Å². The van der Waals surface area contributed by atoms with Gasteiger partial charge in [0.05, 0.1) is 17.6 Å². The van der Waals surface area contributed by atoms with Crippen LogP contribution in [0.4, 0.5) is 5.13 Å². The maximum atomic E-state index is 11.3. The van der Waals surface area contributed by atoms with E-state index in [2.05, 4.69) is 15.0 Å². The van der Waals surface area contributed by atoms with Gasteiger partial charge in [0, 0.05) is 31.7 Å². The molecule has 0 radical (unpaired) electrons. The molecule has 2 aromatic heterocycles. The summed E-state index contributed by atoms with van der Waals surface area (Å²) in [5.41, 5.74) is 2.61. The van der Waals surface area contributed by atoms with E-state index < -0.39 is 0 Å². The first-order valence-corrected chi connectivity index (χ1v) is 6.60. The SMILES string of the molecule is CC(=O)N(C)c1nc(/C=C(/C)c2cnccn2)cs1. The molecule has 2 rings (SSSR count). The number of hydrogen-bond acceptors (Lipinski definition) is 5. The van der Waals surface area contributed by atoms with Gasteiger partial charge in [-0.15, -0.1) is 11.3 Å². The summed E-state index contributed by atoms with van der Waals surface area (Å²) >= 11 is 1.44. The number of carbonyl (C=O) groups is 1. The molecule has 0 fully saturated rings. The van der Waals surface area contributed by atoms with E-state index in [0.717, 1.165) is 17.0 Å². The molecule has 1 amide bonds. The van der Waals surface area contributed by atoms with Crippen LogP contribution in [0.1, 0.15) is 25.2 Å². The molecule has 2 heterocycles. The minimum absolute atomic E-state index is 0.0319. The van der Waals surface area contributed by atoms with Crippen molar-refractivity contribution in [2.45, 2.75) is 13.8 Å². The Hall–Kier alpha value is -2.08. The zero-order valence-corrected chi connectivity index (χ0v) is 11.8. The van der Waals surface area contributed by atoms with Gasteiger partial charge in [0.15, 0.2) is 5.13 Å². The van der Waals surface area contributed by atoms with Gasteiger partial charge < -0.3 is 0 Å². The van der Waals surface area contributed by atoms with Crippen molar-refractivity contribution in [3.05, 3.63) is 35.4 Å². The second-order valence-electron chi connectivity index (χ2n) is 4.05. The van der Waals surface area contributed by atoms with E-state index in [1.165, 1.54) is 23.2 Å². The van der Waals surface area contributed by atoms with Gasteiger partial charge >= 0.3 is 0 Å². The molecule has 0 aliphatic carbocycles. The number of allylic oxidation sites excluding steroid dienone is 1. The minimum Gasteiger partial charge on any atom is -0.291 e. The fraction of sp³-hybridized carbons (Fsp3) is 0.231. The van der Waals surface area contributed by atoms with Crippen LogP contribution in [-0.2, 0) is 4.79 Å². The van der Waals surface area contributed by atoms with Crippen LogP contribution in [0.25, 0.3) is 11.6 Å². The molecule has 0 atom stereocenters. The highest BCUT2D eigenvalue weighted by atomic mass is 32.1. The van der Waals surface area contributed by atoms with Crippen molar-refractivity contribution < 1.29 is 4.79 Å². The number of hydrogen-bond donors (Lipinski definition) is 0. The number of amides is 1. The standard InChI is InChI=1S/C13H14N4OS/c1-9(12-7-14-4-5-15-12)6-11-8-19-13(16-11)17(3)10(2)18/h4-8H,1-3H3/b9-6-. The van der Waals surface area contributed by atoms with Gasteiger partial charge in [0.1, 0.15) is 0 Å². The van der Waals surface area contributed by atoms with Crippen molar-refractivity contribution >= 4 is 34.0 Å². The lowest BCUT2D eigenvalue weighted by Gasteiger charge is -2.09. The maximum absolute atomic E-state index is 11.3. The second kappa shape index (κ2) is 5.71. The molecule has 0 unspecified atom stereocenters. The number of rotatable bonds is 3. The highest BCUT2D eigenvalue weighted by molar-refractivity contribution is 7.14. The Morgan fingerprint density at radius 1 is 1.37 bits per heavy atom. The summed E-state index contributed by atoms with van der Waals surface area (Å²) in [5, 5.41) is 2.60. The Bertz CT molecular complexity index is 606. The summed E-state index contributed by atoms with van der Waals surface area (Å²) in [4.78, 5) is 25.4. The Kier molecular flexibility index (Phi) is 4.01. The fourth-order valence-electron chi connectivity index (χ4n) is 1.43.